The lowest BCUT2D eigenvalue weighted by molar-refractivity contribution is -0.156. The molecule has 1 amide bonds. The predicted molar refractivity (Wildman–Crippen MR) is 74.8 cm³/mol. The van der Waals surface area contributed by atoms with Crippen molar-refractivity contribution in [3.05, 3.63) is 24.5 Å². The molecule has 1 aliphatic heterocycles. The molecule has 5 unspecified atom stereocenters. The minimum atomic E-state index is -0.761. The Bertz CT molecular complexity index is 544. The van der Waals surface area contributed by atoms with E-state index in [4.69, 9.17) is 15.2 Å². The molecule has 6 nitrogen and oxygen atoms in total. The van der Waals surface area contributed by atoms with Gasteiger partial charge in [-0.15, -0.1) is 0 Å². The second-order valence-corrected chi connectivity index (χ2v) is 6.29. The molecule has 21 heavy (non-hydrogen) atoms. The van der Waals surface area contributed by atoms with E-state index in [9.17, 15) is 9.59 Å². The number of carbonyl (C=O) groups is 2. The van der Waals surface area contributed by atoms with Crippen LogP contribution in [0.2, 0.25) is 0 Å². The van der Waals surface area contributed by atoms with Gasteiger partial charge in [-0.05, 0) is 25.3 Å². The van der Waals surface area contributed by atoms with E-state index in [1.54, 1.807) is 6.92 Å². The van der Waals surface area contributed by atoms with Crippen LogP contribution in [-0.2, 0) is 19.1 Å². The van der Waals surface area contributed by atoms with Crippen LogP contribution in [0.4, 0.5) is 0 Å². The largest absolute Gasteiger partial charge is 0.482 e. The molecule has 5 atom stereocenters. The number of fused-ring (bicyclic) bond motifs is 1. The van der Waals surface area contributed by atoms with Crippen molar-refractivity contribution in [1.29, 1.82) is 0 Å². The summed E-state index contributed by atoms with van der Waals surface area (Å²) in [5, 5.41) is 2.87. The van der Waals surface area contributed by atoms with Gasteiger partial charge in [-0.25, -0.2) is 4.79 Å². The summed E-state index contributed by atoms with van der Waals surface area (Å²) in [5.41, 5.74) is 6.06. The van der Waals surface area contributed by atoms with E-state index < -0.39 is 11.5 Å². The average molecular weight is 292 g/mol. The lowest BCUT2D eigenvalue weighted by Gasteiger charge is -2.30. The fourth-order valence-electron chi connectivity index (χ4n) is 3.80. The molecule has 3 fully saturated rings. The van der Waals surface area contributed by atoms with Crippen LogP contribution in [0.3, 0.4) is 0 Å². The van der Waals surface area contributed by atoms with E-state index in [2.05, 4.69) is 18.5 Å². The molecular formula is C15H20N2O4. The topological polar surface area (TPSA) is 90.6 Å². The number of rotatable bonds is 5. The Morgan fingerprint density at radius 2 is 2.24 bits per heavy atom. The molecule has 0 radical (unpaired) electrons. The van der Waals surface area contributed by atoms with Gasteiger partial charge < -0.3 is 20.5 Å². The summed E-state index contributed by atoms with van der Waals surface area (Å²) >= 11 is 0. The van der Waals surface area contributed by atoms with Crippen LogP contribution in [0.1, 0.15) is 19.8 Å². The molecule has 3 N–H and O–H groups in total. The molecule has 1 heterocycles. The Hall–Kier alpha value is -1.82. The maximum absolute atomic E-state index is 11.9. The van der Waals surface area contributed by atoms with Crippen molar-refractivity contribution in [2.24, 2.45) is 17.6 Å². The van der Waals surface area contributed by atoms with Crippen molar-refractivity contribution in [3.63, 3.8) is 0 Å². The Labute approximate surface area is 123 Å². The van der Waals surface area contributed by atoms with E-state index in [0.717, 1.165) is 6.42 Å². The zero-order valence-corrected chi connectivity index (χ0v) is 12.1. The lowest BCUT2D eigenvalue weighted by Crippen LogP contribution is -2.51. The highest BCUT2D eigenvalue weighted by molar-refractivity contribution is 5.91. The van der Waals surface area contributed by atoms with E-state index in [-0.39, 0.29) is 36.5 Å². The van der Waals surface area contributed by atoms with Crippen LogP contribution in [0.25, 0.3) is 0 Å². The number of nitrogens with one attached hydrogen (secondary N) is 1. The van der Waals surface area contributed by atoms with Crippen molar-refractivity contribution in [3.8, 4) is 0 Å². The first-order valence-electron chi connectivity index (χ1n) is 7.10. The SMILES string of the molecule is C=C(C)C(=C)OCC(=O)OC1C2CC3C1NC(=O)C3(N)C2. The van der Waals surface area contributed by atoms with Gasteiger partial charge in [0.2, 0.25) is 5.91 Å². The van der Waals surface area contributed by atoms with Crippen molar-refractivity contribution in [2.75, 3.05) is 6.61 Å². The molecule has 3 rings (SSSR count). The zero-order chi connectivity index (χ0) is 15.4. The van der Waals surface area contributed by atoms with Crippen LogP contribution < -0.4 is 11.1 Å². The zero-order valence-electron chi connectivity index (χ0n) is 12.1. The van der Waals surface area contributed by atoms with Crippen molar-refractivity contribution in [1.82, 2.24) is 5.32 Å². The Balaban J connectivity index is 1.58. The van der Waals surface area contributed by atoms with Crippen molar-refractivity contribution in [2.45, 2.75) is 37.5 Å². The quantitative estimate of drug-likeness (QED) is 0.430. The van der Waals surface area contributed by atoms with Gasteiger partial charge in [0.15, 0.2) is 6.61 Å². The molecule has 0 aromatic heterocycles. The first kappa shape index (κ1) is 14.1. The first-order chi connectivity index (χ1) is 9.83. The Morgan fingerprint density at radius 3 is 2.90 bits per heavy atom. The standard InChI is InChI=1S/C15H20N2O4/c1-7(2)8(3)20-6-11(18)21-13-9-4-10-12(13)17-14(19)15(10,16)5-9/h9-10,12-13H,1,3-6,16H2,2H3,(H,17,19). The Kier molecular flexibility index (Phi) is 3.09. The van der Waals surface area contributed by atoms with Gasteiger partial charge in [-0.3, -0.25) is 4.79 Å². The van der Waals surface area contributed by atoms with Crippen LogP contribution in [-0.4, -0.2) is 36.2 Å². The van der Waals surface area contributed by atoms with Crippen LogP contribution in [0.5, 0.6) is 0 Å². The minimum absolute atomic E-state index is 0.0686. The van der Waals surface area contributed by atoms with Crippen LogP contribution in [0, 0.1) is 11.8 Å². The number of nitrogens with two attached hydrogens (primary N) is 1. The van der Waals surface area contributed by atoms with Gasteiger partial charge in [-0.2, -0.15) is 0 Å². The summed E-state index contributed by atoms with van der Waals surface area (Å²) < 4.78 is 10.7. The molecule has 0 aromatic rings. The maximum Gasteiger partial charge on any atom is 0.344 e. The summed E-state index contributed by atoms with van der Waals surface area (Å²) in [6, 6.07) is -0.158. The van der Waals surface area contributed by atoms with E-state index in [1.165, 1.54) is 0 Å². The highest BCUT2D eigenvalue weighted by Crippen LogP contribution is 2.54. The van der Waals surface area contributed by atoms with E-state index in [1.807, 2.05) is 0 Å². The van der Waals surface area contributed by atoms with Crippen molar-refractivity contribution < 1.29 is 19.1 Å². The van der Waals surface area contributed by atoms with Crippen LogP contribution in [0.15, 0.2) is 24.5 Å². The number of hydrogen-bond acceptors (Lipinski definition) is 5. The molecule has 0 aromatic carbocycles. The van der Waals surface area contributed by atoms with Gasteiger partial charge in [0.25, 0.3) is 0 Å². The predicted octanol–water partition coefficient (Wildman–Crippen LogP) is 0.240. The highest BCUT2D eigenvalue weighted by Gasteiger charge is 2.68. The van der Waals surface area contributed by atoms with Gasteiger partial charge in [0.05, 0.1) is 6.04 Å². The van der Waals surface area contributed by atoms with Gasteiger partial charge in [0.1, 0.15) is 17.4 Å². The fraction of sp³-hybridized carbons (Fsp3) is 0.600. The van der Waals surface area contributed by atoms with Gasteiger partial charge in [-0.1, -0.05) is 13.2 Å². The molecule has 6 heteroatoms. The number of hydrogen-bond donors (Lipinski definition) is 2. The summed E-state index contributed by atoms with van der Waals surface area (Å²) in [6.07, 6.45) is 1.11. The normalized spacial score (nSPS) is 39.0. The smallest absolute Gasteiger partial charge is 0.344 e. The maximum atomic E-state index is 11.9. The molecule has 2 aliphatic carbocycles. The molecule has 114 valence electrons. The fourth-order valence-corrected chi connectivity index (χ4v) is 3.80. The second-order valence-electron chi connectivity index (χ2n) is 6.29. The van der Waals surface area contributed by atoms with Gasteiger partial charge in [0, 0.05) is 11.8 Å². The molecule has 2 bridgehead atoms. The van der Waals surface area contributed by atoms with E-state index in [0.29, 0.717) is 17.8 Å². The lowest BCUT2D eigenvalue weighted by atomic mass is 9.82. The molecule has 3 aliphatic rings. The van der Waals surface area contributed by atoms with Crippen molar-refractivity contribution >= 4 is 11.9 Å². The number of allylic oxidation sites excluding steroid dienone is 1. The number of ether oxygens (including phenoxy) is 2. The highest BCUT2D eigenvalue weighted by atomic mass is 16.6. The average Bonchev–Trinajstić information content (AvgIpc) is 2.97. The number of amides is 1. The molecule has 1 saturated heterocycles. The number of carbonyl (C=O) groups excluding carboxylic acids is 2. The Morgan fingerprint density at radius 1 is 1.52 bits per heavy atom. The molecular weight excluding hydrogens is 272 g/mol. The minimum Gasteiger partial charge on any atom is -0.482 e. The summed E-state index contributed by atoms with van der Waals surface area (Å²) in [4.78, 5) is 23.8. The van der Waals surface area contributed by atoms with E-state index >= 15 is 0 Å². The van der Waals surface area contributed by atoms with Crippen LogP contribution >= 0.6 is 0 Å². The number of esters is 1. The third-order valence-electron chi connectivity index (χ3n) is 4.90. The second kappa shape index (κ2) is 4.59. The molecule has 2 saturated carbocycles. The summed E-state index contributed by atoms with van der Waals surface area (Å²) in [5.74, 6) is 0.00978. The monoisotopic (exact) mass is 292 g/mol. The molecule has 0 spiro atoms. The van der Waals surface area contributed by atoms with Gasteiger partial charge >= 0.3 is 5.97 Å². The third-order valence-corrected chi connectivity index (χ3v) is 4.90. The summed E-state index contributed by atoms with van der Waals surface area (Å²) in [6.45, 7) is 8.87. The summed E-state index contributed by atoms with van der Waals surface area (Å²) in [7, 11) is 0. The first-order valence-corrected chi connectivity index (χ1v) is 7.10. The third kappa shape index (κ3) is 2.05.